The predicted octanol–water partition coefficient (Wildman–Crippen LogP) is 2.70. The maximum Gasteiger partial charge on any atom is 0.354 e. The van der Waals surface area contributed by atoms with Crippen LogP contribution in [0.25, 0.3) is 0 Å². The number of carbonyl (C=O) groups is 1. The van der Waals surface area contributed by atoms with E-state index >= 15 is 0 Å². The van der Waals surface area contributed by atoms with Crippen LogP contribution in [-0.2, 0) is 14.1 Å². The lowest BCUT2D eigenvalue weighted by molar-refractivity contribution is -0.132. The molecule has 0 N–H and O–H groups in total. The van der Waals surface area contributed by atoms with Gasteiger partial charge in [0.2, 0.25) is 7.29 Å². The number of esters is 1. The highest BCUT2D eigenvalue weighted by atomic mass is 31.2. The molecule has 3 rings (SSSR count). The van der Waals surface area contributed by atoms with Crippen LogP contribution in [0.5, 0.6) is 0 Å². The first-order valence-electron chi connectivity index (χ1n) is 7.90. The van der Waals surface area contributed by atoms with Gasteiger partial charge in [0.15, 0.2) is 0 Å². The summed E-state index contributed by atoms with van der Waals surface area (Å²) in [5, 5.41) is 5.69. The van der Waals surface area contributed by atoms with E-state index in [9.17, 15) is 9.36 Å². The normalized spacial score (nSPS) is 17.1. The van der Waals surface area contributed by atoms with Crippen LogP contribution in [-0.4, -0.2) is 29.6 Å². The van der Waals surface area contributed by atoms with Gasteiger partial charge >= 0.3 is 5.97 Å². The largest absolute Gasteiger partial charge is 0.464 e. The summed E-state index contributed by atoms with van der Waals surface area (Å²) in [5.41, 5.74) is 0.250. The summed E-state index contributed by atoms with van der Waals surface area (Å²) in [7, 11) is -1.96. The fourth-order valence-electron chi connectivity index (χ4n) is 2.86. The smallest absolute Gasteiger partial charge is 0.354 e. The molecule has 0 spiro atoms. The Morgan fingerprint density at radius 2 is 1.68 bits per heavy atom. The van der Waals surface area contributed by atoms with Gasteiger partial charge in [-0.3, -0.25) is 4.57 Å². The Hall–Kier alpha value is -2.65. The number of nitrogens with zero attached hydrogens (tertiary/aromatic N) is 2. The zero-order chi connectivity index (χ0) is 17.9. The van der Waals surface area contributed by atoms with Gasteiger partial charge in [-0.05, 0) is 24.3 Å². The Morgan fingerprint density at radius 1 is 1.16 bits per heavy atom. The molecule has 0 bridgehead atoms. The number of benzene rings is 2. The van der Waals surface area contributed by atoms with Crippen molar-refractivity contribution in [2.24, 2.45) is 5.10 Å². The van der Waals surface area contributed by atoms with Gasteiger partial charge in [0.05, 0.1) is 13.2 Å². The molecule has 0 saturated heterocycles. The number of rotatable bonds is 5. The Morgan fingerprint density at radius 3 is 2.12 bits per heavy atom. The van der Waals surface area contributed by atoms with Crippen molar-refractivity contribution in [2.75, 3.05) is 7.11 Å². The summed E-state index contributed by atoms with van der Waals surface area (Å²) in [4.78, 5) is 11.9. The summed E-state index contributed by atoms with van der Waals surface area (Å²) < 4.78 is 20.6. The number of hydrogen-bond donors (Lipinski definition) is 0. The van der Waals surface area contributed by atoms with Gasteiger partial charge in [-0.1, -0.05) is 42.5 Å². The predicted molar refractivity (Wildman–Crippen MR) is 99.7 cm³/mol. The third-order valence-corrected chi connectivity index (χ3v) is 7.08. The van der Waals surface area contributed by atoms with Crippen LogP contribution in [0.1, 0.15) is 6.42 Å². The SMILES string of the molecule is C=CC1CC(C(=O)OC)=NN1P(=O)(c1ccccc1)c1ccccc1. The second-order valence-electron chi connectivity index (χ2n) is 5.61. The summed E-state index contributed by atoms with van der Waals surface area (Å²) in [6.07, 6.45) is 1.98. The van der Waals surface area contributed by atoms with Crippen LogP contribution in [0.15, 0.2) is 78.4 Å². The second kappa shape index (κ2) is 7.08. The highest BCUT2D eigenvalue weighted by Gasteiger charge is 2.42. The molecule has 2 aromatic rings. The van der Waals surface area contributed by atoms with Crippen LogP contribution in [0.2, 0.25) is 0 Å². The van der Waals surface area contributed by atoms with Crippen LogP contribution in [0, 0.1) is 0 Å². The highest BCUT2D eigenvalue weighted by Crippen LogP contribution is 2.51. The van der Waals surface area contributed by atoms with Crippen molar-refractivity contribution in [3.05, 3.63) is 73.3 Å². The molecule has 2 aromatic carbocycles. The van der Waals surface area contributed by atoms with Crippen molar-refractivity contribution >= 4 is 29.6 Å². The number of ether oxygens (including phenoxy) is 1. The van der Waals surface area contributed by atoms with E-state index in [1.165, 1.54) is 11.9 Å². The van der Waals surface area contributed by atoms with Gasteiger partial charge in [0.25, 0.3) is 0 Å². The monoisotopic (exact) mass is 354 g/mol. The van der Waals surface area contributed by atoms with Gasteiger partial charge < -0.3 is 4.74 Å². The van der Waals surface area contributed by atoms with Crippen molar-refractivity contribution in [2.45, 2.75) is 12.5 Å². The fourth-order valence-corrected chi connectivity index (χ4v) is 5.61. The zero-order valence-corrected chi connectivity index (χ0v) is 14.8. The molecule has 25 heavy (non-hydrogen) atoms. The van der Waals surface area contributed by atoms with Gasteiger partial charge in [-0.25, -0.2) is 9.57 Å². The third-order valence-electron chi connectivity index (χ3n) is 4.12. The molecule has 0 saturated carbocycles. The second-order valence-corrected chi connectivity index (χ2v) is 8.21. The summed E-state index contributed by atoms with van der Waals surface area (Å²) >= 11 is 0. The molecule has 6 heteroatoms. The first kappa shape index (κ1) is 17.2. The van der Waals surface area contributed by atoms with Gasteiger partial charge in [-0.2, -0.15) is 5.10 Å². The molecule has 5 nitrogen and oxygen atoms in total. The van der Waals surface area contributed by atoms with E-state index in [0.717, 1.165) is 0 Å². The van der Waals surface area contributed by atoms with Crippen molar-refractivity contribution in [1.82, 2.24) is 4.78 Å². The number of hydrazone groups is 1. The minimum absolute atomic E-state index is 0.250. The lowest BCUT2D eigenvalue weighted by Gasteiger charge is -2.31. The Bertz CT molecular complexity index is 806. The van der Waals surface area contributed by atoms with E-state index < -0.39 is 13.3 Å². The van der Waals surface area contributed by atoms with E-state index in [1.54, 1.807) is 6.08 Å². The molecule has 1 aliphatic heterocycles. The van der Waals surface area contributed by atoms with Crippen molar-refractivity contribution in [1.29, 1.82) is 0 Å². The minimum atomic E-state index is -3.27. The van der Waals surface area contributed by atoms with Gasteiger partial charge in [-0.15, -0.1) is 6.58 Å². The number of hydrogen-bond acceptors (Lipinski definition) is 4. The molecule has 128 valence electrons. The molecule has 1 aliphatic rings. The van der Waals surface area contributed by atoms with Crippen LogP contribution in [0.4, 0.5) is 0 Å². The zero-order valence-electron chi connectivity index (χ0n) is 13.9. The third kappa shape index (κ3) is 3.03. The fraction of sp³-hybridized carbons (Fsp3) is 0.158. The van der Waals surface area contributed by atoms with E-state index in [-0.39, 0.29) is 11.8 Å². The van der Waals surface area contributed by atoms with Gasteiger partial charge in [0, 0.05) is 17.0 Å². The van der Waals surface area contributed by atoms with Crippen LogP contribution < -0.4 is 10.6 Å². The van der Waals surface area contributed by atoms with Crippen LogP contribution in [0.3, 0.4) is 0 Å². The van der Waals surface area contributed by atoms with E-state index in [1.807, 2.05) is 60.7 Å². The summed E-state index contributed by atoms with van der Waals surface area (Å²) in [6, 6.07) is 18.0. The first-order valence-corrected chi connectivity index (χ1v) is 9.56. The molecule has 0 aromatic heterocycles. The molecule has 1 atom stereocenters. The molecule has 0 fully saturated rings. The molecule has 0 aliphatic carbocycles. The lowest BCUT2D eigenvalue weighted by Crippen LogP contribution is -2.32. The summed E-state index contributed by atoms with van der Waals surface area (Å²) in [6.45, 7) is 3.83. The molecule has 0 amide bonds. The van der Waals surface area contributed by atoms with E-state index in [4.69, 9.17) is 4.74 Å². The first-order chi connectivity index (χ1) is 12.1. The minimum Gasteiger partial charge on any atom is -0.464 e. The average molecular weight is 354 g/mol. The van der Waals surface area contributed by atoms with E-state index in [0.29, 0.717) is 17.0 Å². The average Bonchev–Trinajstić information content (AvgIpc) is 3.13. The Balaban J connectivity index is 2.18. The van der Waals surface area contributed by atoms with Crippen molar-refractivity contribution in [3.63, 3.8) is 0 Å². The van der Waals surface area contributed by atoms with Crippen molar-refractivity contribution in [3.8, 4) is 0 Å². The topological polar surface area (TPSA) is 59.0 Å². The number of methoxy groups -OCH3 is 1. The van der Waals surface area contributed by atoms with Crippen LogP contribution >= 0.6 is 7.29 Å². The standard InChI is InChI=1S/C19H19N2O3P/c1-3-15-14-18(19(22)24-2)20-21(15)25(23,16-10-6-4-7-11-16)17-12-8-5-9-13-17/h3-13,15H,1,14H2,2H3. The summed E-state index contributed by atoms with van der Waals surface area (Å²) in [5.74, 6) is -0.512. The van der Waals surface area contributed by atoms with Crippen molar-refractivity contribution < 1.29 is 14.1 Å². The highest BCUT2D eigenvalue weighted by molar-refractivity contribution is 7.76. The molecule has 0 radical (unpaired) electrons. The van der Waals surface area contributed by atoms with Gasteiger partial charge in [0.1, 0.15) is 5.71 Å². The Kier molecular flexibility index (Phi) is 4.86. The molecule has 1 heterocycles. The van der Waals surface area contributed by atoms with E-state index in [2.05, 4.69) is 11.7 Å². The quantitative estimate of drug-likeness (QED) is 0.471. The molecule has 1 unspecified atom stereocenters. The molecular formula is C19H19N2O3P. The molecular weight excluding hydrogens is 335 g/mol. The number of carbonyl (C=O) groups excluding carboxylic acids is 1. The Labute approximate surface area is 147 Å². The lowest BCUT2D eigenvalue weighted by atomic mass is 10.1. The maximum absolute atomic E-state index is 14.3. The maximum atomic E-state index is 14.3.